The summed E-state index contributed by atoms with van der Waals surface area (Å²) in [5.74, 6) is 0.527. The molecule has 0 saturated carbocycles. The van der Waals surface area contributed by atoms with Crippen molar-refractivity contribution in [3.8, 4) is 5.75 Å². The number of carboxylic acid groups (broad SMARTS) is 1. The van der Waals surface area contributed by atoms with E-state index < -0.39 is 5.97 Å². The van der Waals surface area contributed by atoms with Crippen molar-refractivity contribution in [1.29, 1.82) is 0 Å². The molecule has 4 heteroatoms. The van der Waals surface area contributed by atoms with Crippen LogP contribution in [0, 0.1) is 6.92 Å². The lowest BCUT2D eigenvalue weighted by Crippen LogP contribution is -2.04. The van der Waals surface area contributed by atoms with Gasteiger partial charge >= 0.3 is 5.97 Å². The summed E-state index contributed by atoms with van der Waals surface area (Å²) in [4.78, 5) is 12.3. The zero-order valence-electron chi connectivity index (χ0n) is 12.6. The molecule has 0 aromatic heterocycles. The van der Waals surface area contributed by atoms with E-state index in [1.165, 1.54) is 10.5 Å². The molecule has 0 amide bonds. The topological polar surface area (TPSA) is 46.5 Å². The number of carbonyl (C=O) groups is 1. The van der Waals surface area contributed by atoms with E-state index in [0.717, 1.165) is 18.6 Å². The van der Waals surface area contributed by atoms with E-state index in [4.69, 9.17) is 9.84 Å². The molecule has 0 bridgehead atoms. The maximum absolute atomic E-state index is 11.1. The minimum absolute atomic E-state index is 0.219. The van der Waals surface area contributed by atoms with Crippen molar-refractivity contribution >= 4 is 17.7 Å². The predicted molar refractivity (Wildman–Crippen MR) is 90.0 cm³/mol. The fourth-order valence-corrected chi connectivity index (χ4v) is 2.89. The molecule has 3 nitrogen and oxygen atoms in total. The molecule has 0 aliphatic carbocycles. The summed E-state index contributed by atoms with van der Waals surface area (Å²) < 4.78 is 5.58. The first-order valence-corrected chi connectivity index (χ1v) is 8.30. The van der Waals surface area contributed by atoms with Gasteiger partial charge in [-0.3, -0.25) is 0 Å². The maximum Gasteiger partial charge on any atom is 0.339 e. The van der Waals surface area contributed by atoms with Crippen molar-refractivity contribution in [3.05, 3.63) is 59.7 Å². The molecule has 0 aliphatic rings. The summed E-state index contributed by atoms with van der Waals surface area (Å²) in [6, 6.07) is 15.3. The Bertz CT molecular complexity index is 608. The molecule has 116 valence electrons. The van der Waals surface area contributed by atoms with Crippen molar-refractivity contribution < 1.29 is 14.6 Å². The number of aromatic carboxylic acids is 1. The molecule has 0 spiro atoms. The summed E-state index contributed by atoms with van der Waals surface area (Å²) in [5, 5.41) is 9.07. The van der Waals surface area contributed by atoms with Crippen LogP contribution in [0.5, 0.6) is 5.75 Å². The number of thioether (sulfide) groups is 1. The minimum atomic E-state index is -0.953. The zero-order chi connectivity index (χ0) is 15.8. The van der Waals surface area contributed by atoms with E-state index in [1.54, 1.807) is 24.3 Å². The molecule has 2 aromatic rings. The Balaban J connectivity index is 1.67. The monoisotopic (exact) mass is 316 g/mol. The Hall–Kier alpha value is -1.94. The summed E-state index contributed by atoms with van der Waals surface area (Å²) in [5.41, 5.74) is 1.49. The van der Waals surface area contributed by atoms with Gasteiger partial charge in [-0.2, -0.15) is 0 Å². The van der Waals surface area contributed by atoms with Crippen molar-refractivity contribution in [2.45, 2.75) is 24.7 Å². The van der Waals surface area contributed by atoms with Gasteiger partial charge < -0.3 is 9.84 Å². The highest BCUT2D eigenvalue weighted by Crippen LogP contribution is 2.21. The van der Waals surface area contributed by atoms with E-state index in [9.17, 15) is 4.79 Å². The van der Waals surface area contributed by atoms with Gasteiger partial charge in [0.15, 0.2) is 0 Å². The van der Waals surface area contributed by atoms with Crippen LogP contribution in [0.2, 0.25) is 0 Å². The SMILES string of the molecule is Cc1ccc(SCCCCOc2ccccc2C(=O)O)cc1. The average Bonchev–Trinajstić information content (AvgIpc) is 2.52. The van der Waals surface area contributed by atoms with Gasteiger partial charge in [-0.15, -0.1) is 11.8 Å². The van der Waals surface area contributed by atoms with Gasteiger partial charge in [0.1, 0.15) is 11.3 Å². The number of hydrogen-bond acceptors (Lipinski definition) is 3. The number of rotatable bonds is 8. The van der Waals surface area contributed by atoms with Crippen LogP contribution in [0.4, 0.5) is 0 Å². The van der Waals surface area contributed by atoms with Gasteiger partial charge in [0.25, 0.3) is 0 Å². The molecule has 0 unspecified atom stereocenters. The molecule has 2 aromatic carbocycles. The molecule has 0 radical (unpaired) electrons. The molecule has 0 saturated heterocycles. The zero-order valence-corrected chi connectivity index (χ0v) is 13.4. The second kappa shape index (κ2) is 8.49. The Kier molecular flexibility index (Phi) is 6.34. The number of unbranched alkanes of at least 4 members (excludes halogenated alkanes) is 1. The van der Waals surface area contributed by atoms with Crippen molar-refractivity contribution in [1.82, 2.24) is 0 Å². The van der Waals surface area contributed by atoms with Crippen LogP contribution in [0.1, 0.15) is 28.8 Å². The first-order valence-electron chi connectivity index (χ1n) is 7.31. The van der Waals surface area contributed by atoms with E-state index in [-0.39, 0.29) is 5.56 Å². The third kappa shape index (κ3) is 5.11. The Labute approximate surface area is 135 Å². The Morgan fingerprint density at radius 3 is 2.55 bits per heavy atom. The summed E-state index contributed by atoms with van der Waals surface area (Å²) in [6.07, 6.45) is 1.95. The van der Waals surface area contributed by atoms with Crippen molar-refractivity contribution in [3.63, 3.8) is 0 Å². The quantitative estimate of drug-likeness (QED) is 0.569. The first kappa shape index (κ1) is 16.4. The fraction of sp³-hybridized carbons (Fsp3) is 0.278. The summed E-state index contributed by atoms with van der Waals surface area (Å²) in [7, 11) is 0. The number of aryl methyl sites for hydroxylation is 1. The van der Waals surface area contributed by atoms with Gasteiger partial charge in [-0.05, 0) is 49.8 Å². The highest BCUT2D eigenvalue weighted by molar-refractivity contribution is 7.99. The van der Waals surface area contributed by atoms with E-state index in [2.05, 4.69) is 31.2 Å². The maximum atomic E-state index is 11.1. The normalized spacial score (nSPS) is 10.4. The summed E-state index contributed by atoms with van der Waals surface area (Å²) >= 11 is 1.83. The molecule has 0 heterocycles. The highest BCUT2D eigenvalue weighted by atomic mass is 32.2. The van der Waals surface area contributed by atoms with Crippen LogP contribution in [-0.4, -0.2) is 23.4 Å². The van der Waals surface area contributed by atoms with E-state index in [0.29, 0.717) is 12.4 Å². The van der Waals surface area contributed by atoms with Crippen LogP contribution in [0.25, 0.3) is 0 Å². The molecule has 0 aliphatic heterocycles. The van der Waals surface area contributed by atoms with Gasteiger partial charge in [0.05, 0.1) is 6.61 Å². The van der Waals surface area contributed by atoms with Crippen LogP contribution in [0.15, 0.2) is 53.4 Å². The fourth-order valence-electron chi connectivity index (χ4n) is 1.98. The number of para-hydroxylation sites is 1. The molecule has 1 N–H and O–H groups in total. The first-order chi connectivity index (χ1) is 10.7. The molecule has 22 heavy (non-hydrogen) atoms. The number of hydrogen-bond donors (Lipinski definition) is 1. The van der Waals surface area contributed by atoms with Crippen LogP contribution < -0.4 is 4.74 Å². The minimum Gasteiger partial charge on any atom is -0.493 e. The standard InChI is InChI=1S/C18H20O3S/c1-14-8-10-15(11-9-14)22-13-5-4-12-21-17-7-3-2-6-16(17)18(19)20/h2-3,6-11H,4-5,12-13H2,1H3,(H,19,20). The van der Waals surface area contributed by atoms with Gasteiger partial charge in [0.2, 0.25) is 0 Å². The highest BCUT2D eigenvalue weighted by Gasteiger charge is 2.09. The largest absolute Gasteiger partial charge is 0.493 e. The van der Waals surface area contributed by atoms with Gasteiger partial charge in [-0.1, -0.05) is 29.8 Å². The van der Waals surface area contributed by atoms with E-state index in [1.807, 2.05) is 11.8 Å². The lowest BCUT2D eigenvalue weighted by atomic mass is 10.2. The number of ether oxygens (including phenoxy) is 1. The van der Waals surface area contributed by atoms with Crippen LogP contribution >= 0.6 is 11.8 Å². The van der Waals surface area contributed by atoms with E-state index >= 15 is 0 Å². The van der Waals surface area contributed by atoms with Crippen LogP contribution in [0.3, 0.4) is 0 Å². The van der Waals surface area contributed by atoms with Gasteiger partial charge in [-0.25, -0.2) is 4.79 Å². The average molecular weight is 316 g/mol. The number of carboxylic acids is 1. The Morgan fingerprint density at radius 2 is 1.82 bits per heavy atom. The Morgan fingerprint density at radius 1 is 1.09 bits per heavy atom. The lowest BCUT2D eigenvalue weighted by Gasteiger charge is -2.08. The molecule has 0 fully saturated rings. The number of benzene rings is 2. The molecular weight excluding hydrogens is 296 g/mol. The second-order valence-corrected chi connectivity index (χ2v) is 6.19. The molecule has 2 rings (SSSR count). The van der Waals surface area contributed by atoms with Crippen molar-refractivity contribution in [2.24, 2.45) is 0 Å². The van der Waals surface area contributed by atoms with Crippen LogP contribution in [-0.2, 0) is 0 Å². The summed E-state index contributed by atoms with van der Waals surface area (Å²) in [6.45, 7) is 2.62. The molecule has 0 atom stereocenters. The smallest absolute Gasteiger partial charge is 0.339 e. The van der Waals surface area contributed by atoms with Crippen molar-refractivity contribution in [2.75, 3.05) is 12.4 Å². The second-order valence-electron chi connectivity index (χ2n) is 5.02. The third-order valence-corrected chi connectivity index (χ3v) is 4.30. The molecular formula is C18H20O3S. The lowest BCUT2D eigenvalue weighted by molar-refractivity contribution is 0.0692. The third-order valence-electron chi connectivity index (χ3n) is 3.20. The predicted octanol–water partition coefficient (Wildman–Crippen LogP) is 4.64. The van der Waals surface area contributed by atoms with Gasteiger partial charge in [0, 0.05) is 4.90 Å².